The van der Waals surface area contributed by atoms with Crippen LogP contribution >= 0.6 is 23.2 Å². The molecule has 2 unspecified atom stereocenters. The molecule has 0 spiro atoms. The van der Waals surface area contributed by atoms with Gasteiger partial charge in [-0.15, -0.1) is 0 Å². The normalized spacial score (nSPS) is 17.2. The van der Waals surface area contributed by atoms with Crippen LogP contribution in [0.25, 0.3) is 0 Å². The summed E-state index contributed by atoms with van der Waals surface area (Å²) >= 11 is 12.1. The minimum atomic E-state index is -0.886. The molecule has 43 heavy (non-hydrogen) atoms. The smallest absolute Gasteiger partial charge is 0.328 e. The maximum Gasteiger partial charge on any atom is 0.328 e. The number of fused-ring (bicyclic) bond motifs is 2. The fraction of sp³-hybridized carbons (Fsp3) is 0.182. The van der Waals surface area contributed by atoms with E-state index >= 15 is 0 Å². The summed E-state index contributed by atoms with van der Waals surface area (Å²) in [6.07, 6.45) is -0.639. The fourth-order valence-electron chi connectivity index (χ4n) is 5.25. The first kappa shape index (κ1) is 28.6. The lowest BCUT2D eigenvalue weighted by Crippen LogP contribution is -2.49. The van der Waals surface area contributed by atoms with E-state index in [0.717, 1.165) is 16.7 Å². The molecule has 218 valence electrons. The van der Waals surface area contributed by atoms with Crippen molar-refractivity contribution in [2.75, 3.05) is 12.4 Å². The number of hydrogen-bond acceptors (Lipinski definition) is 6. The van der Waals surface area contributed by atoms with Crippen molar-refractivity contribution in [1.29, 1.82) is 0 Å². The van der Waals surface area contributed by atoms with Gasteiger partial charge in [-0.05, 0) is 65.2 Å². The predicted molar refractivity (Wildman–Crippen MR) is 162 cm³/mol. The van der Waals surface area contributed by atoms with Gasteiger partial charge in [-0.1, -0.05) is 59.6 Å². The molecule has 2 aliphatic heterocycles. The second kappa shape index (κ2) is 12.0. The fourth-order valence-corrected chi connectivity index (χ4v) is 5.57. The molecule has 2 aliphatic rings. The molecule has 2 heterocycles. The average molecular weight is 617 g/mol. The highest BCUT2D eigenvalue weighted by Crippen LogP contribution is 2.40. The maximum absolute atomic E-state index is 13.4. The Morgan fingerprint density at radius 1 is 0.953 bits per heavy atom. The van der Waals surface area contributed by atoms with Crippen LogP contribution in [0.5, 0.6) is 11.5 Å². The van der Waals surface area contributed by atoms with E-state index in [9.17, 15) is 14.4 Å². The van der Waals surface area contributed by atoms with Crippen molar-refractivity contribution in [3.05, 3.63) is 123 Å². The number of nitrogens with one attached hydrogen (secondary N) is 1. The van der Waals surface area contributed by atoms with Crippen molar-refractivity contribution >= 4 is 46.7 Å². The molecule has 0 bridgehead atoms. The maximum atomic E-state index is 13.4. The third-order valence-electron chi connectivity index (χ3n) is 7.50. The van der Waals surface area contributed by atoms with Crippen LogP contribution in [0.1, 0.15) is 38.7 Å². The Hall–Kier alpha value is -4.53. The molecule has 4 aromatic rings. The number of methoxy groups -OCH3 is 1. The summed E-state index contributed by atoms with van der Waals surface area (Å²) in [7, 11) is 1.30. The highest BCUT2D eigenvalue weighted by atomic mass is 35.5. The van der Waals surface area contributed by atoms with Crippen molar-refractivity contribution in [3.63, 3.8) is 0 Å². The summed E-state index contributed by atoms with van der Waals surface area (Å²) in [5.41, 5.74) is 4.16. The van der Waals surface area contributed by atoms with Gasteiger partial charge < -0.3 is 24.4 Å². The van der Waals surface area contributed by atoms with E-state index in [-0.39, 0.29) is 24.8 Å². The van der Waals surface area contributed by atoms with Gasteiger partial charge in [0.25, 0.3) is 11.8 Å². The van der Waals surface area contributed by atoms with Gasteiger partial charge in [0, 0.05) is 24.1 Å². The van der Waals surface area contributed by atoms with Crippen LogP contribution in [0.15, 0.2) is 84.9 Å². The van der Waals surface area contributed by atoms with Gasteiger partial charge in [0.1, 0.15) is 24.1 Å². The van der Waals surface area contributed by atoms with Crippen LogP contribution in [-0.2, 0) is 33.9 Å². The zero-order valence-electron chi connectivity index (χ0n) is 23.0. The standard InChI is InChI=1S/C33H26Cl2N2O6/c1-41-33(40)28-15-22-14-27-29(16-23(22)17-37(28)32(39)21-5-3-2-4-6-21)43-30(31(38)36-27)20-8-10-24(11-9-20)42-18-19-7-12-25(34)26(35)13-19/h2-14,16,28,30H,15,17-18H2,1H3,(H,36,38). The number of nitrogens with zero attached hydrogens (tertiary/aromatic N) is 1. The number of esters is 1. The summed E-state index contributed by atoms with van der Waals surface area (Å²) in [5, 5.41) is 3.87. The van der Waals surface area contributed by atoms with Crippen molar-refractivity contribution < 1.29 is 28.6 Å². The molecule has 0 radical (unpaired) electrons. The highest BCUT2D eigenvalue weighted by molar-refractivity contribution is 6.42. The zero-order valence-corrected chi connectivity index (χ0v) is 24.5. The predicted octanol–water partition coefficient (Wildman–Crippen LogP) is 6.38. The molecule has 10 heteroatoms. The average Bonchev–Trinajstić information content (AvgIpc) is 3.03. The molecule has 0 fully saturated rings. The largest absolute Gasteiger partial charge is 0.489 e. The van der Waals surface area contributed by atoms with Crippen LogP contribution in [0.4, 0.5) is 5.69 Å². The van der Waals surface area contributed by atoms with Gasteiger partial charge in [-0.2, -0.15) is 0 Å². The van der Waals surface area contributed by atoms with Crippen molar-refractivity contribution in [3.8, 4) is 11.5 Å². The Bertz CT molecular complexity index is 1710. The van der Waals surface area contributed by atoms with E-state index in [1.165, 1.54) is 12.0 Å². The Labute approximate surface area is 258 Å². The summed E-state index contributed by atoms with van der Waals surface area (Å²) in [5.74, 6) is -0.000714. The highest BCUT2D eigenvalue weighted by Gasteiger charge is 2.38. The van der Waals surface area contributed by atoms with Crippen LogP contribution in [0.2, 0.25) is 10.0 Å². The van der Waals surface area contributed by atoms with Gasteiger partial charge in [-0.3, -0.25) is 9.59 Å². The van der Waals surface area contributed by atoms with E-state index in [4.69, 9.17) is 37.4 Å². The summed E-state index contributed by atoms with van der Waals surface area (Å²) < 4.78 is 17.1. The molecule has 8 nitrogen and oxygen atoms in total. The third kappa shape index (κ3) is 5.89. The van der Waals surface area contributed by atoms with Crippen LogP contribution in [0, 0.1) is 0 Å². The SMILES string of the molecule is COC(=O)C1Cc2cc3c(cc2CN1C(=O)c1ccccc1)OC(c1ccc(OCc2ccc(Cl)c(Cl)c2)cc1)C(=O)N3. The molecular formula is C33H26Cl2N2O6. The number of benzene rings is 4. The van der Waals surface area contributed by atoms with E-state index in [1.54, 1.807) is 66.7 Å². The lowest BCUT2D eigenvalue weighted by Gasteiger charge is -2.36. The molecular weight excluding hydrogens is 591 g/mol. The lowest BCUT2D eigenvalue weighted by molar-refractivity contribution is -0.146. The molecule has 4 aromatic carbocycles. The first-order valence-electron chi connectivity index (χ1n) is 13.5. The van der Waals surface area contributed by atoms with E-state index < -0.39 is 18.1 Å². The Kier molecular flexibility index (Phi) is 7.97. The molecule has 2 amide bonds. The number of carbonyl (C=O) groups excluding carboxylic acids is 3. The minimum Gasteiger partial charge on any atom is -0.489 e. The minimum absolute atomic E-state index is 0.183. The number of carbonyl (C=O) groups is 3. The first-order valence-corrected chi connectivity index (χ1v) is 14.3. The van der Waals surface area contributed by atoms with E-state index in [0.29, 0.717) is 45.0 Å². The quantitative estimate of drug-likeness (QED) is 0.252. The second-order valence-corrected chi connectivity index (χ2v) is 11.1. The van der Waals surface area contributed by atoms with Crippen LogP contribution in [-0.4, -0.2) is 35.8 Å². The van der Waals surface area contributed by atoms with Crippen LogP contribution in [0.3, 0.4) is 0 Å². The number of rotatable bonds is 6. The van der Waals surface area contributed by atoms with Gasteiger partial charge in [0.2, 0.25) is 6.10 Å². The van der Waals surface area contributed by atoms with E-state index in [1.807, 2.05) is 18.2 Å². The Balaban J connectivity index is 1.20. The second-order valence-electron chi connectivity index (χ2n) is 10.3. The van der Waals surface area contributed by atoms with Crippen molar-refractivity contribution in [2.45, 2.75) is 31.7 Å². The summed E-state index contributed by atoms with van der Waals surface area (Å²) in [6, 6.07) is 24.0. The zero-order chi connectivity index (χ0) is 30.1. The lowest BCUT2D eigenvalue weighted by atomic mass is 9.91. The van der Waals surface area contributed by atoms with Crippen molar-refractivity contribution in [1.82, 2.24) is 4.90 Å². The van der Waals surface area contributed by atoms with Gasteiger partial charge in [0.15, 0.2) is 0 Å². The number of amides is 2. The third-order valence-corrected chi connectivity index (χ3v) is 8.24. The molecule has 2 atom stereocenters. The van der Waals surface area contributed by atoms with Crippen molar-refractivity contribution in [2.24, 2.45) is 0 Å². The molecule has 0 saturated carbocycles. The number of ether oxygens (including phenoxy) is 3. The van der Waals surface area contributed by atoms with E-state index in [2.05, 4.69) is 5.32 Å². The molecule has 0 aliphatic carbocycles. The monoisotopic (exact) mass is 616 g/mol. The van der Waals surface area contributed by atoms with Gasteiger partial charge in [-0.25, -0.2) is 4.79 Å². The van der Waals surface area contributed by atoms with Gasteiger partial charge >= 0.3 is 5.97 Å². The number of hydrogen-bond donors (Lipinski definition) is 1. The number of halogens is 2. The molecule has 1 N–H and O–H groups in total. The summed E-state index contributed by atoms with van der Waals surface area (Å²) in [4.78, 5) is 40.7. The Morgan fingerprint density at radius 2 is 1.72 bits per heavy atom. The summed E-state index contributed by atoms with van der Waals surface area (Å²) in [6.45, 7) is 0.485. The topological polar surface area (TPSA) is 94.2 Å². The number of anilines is 1. The van der Waals surface area contributed by atoms with Gasteiger partial charge in [0.05, 0.1) is 22.8 Å². The molecule has 0 aromatic heterocycles. The van der Waals surface area contributed by atoms with Crippen LogP contribution < -0.4 is 14.8 Å². The molecule has 6 rings (SSSR count). The first-order chi connectivity index (χ1) is 20.8. The Morgan fingerprint density at radius 3 is 2.44 bits per heavy atom. The molecule has 0 saturated heterocycles.